The van der Waals surface area contributed by atoms with Crippen molar-refractivity contribution in [2.75, 3.05) is 0 Å². The van der Waals surface area contributed by atoms with Gasteiger partial charge in [-0.15, -0.1) is 5.10 Å². The van der Waals surface area contributed by atoms with Crippen LogP contribution in [0.4, 0.5) is 0 Å². The lowest BCUT2D eigenvalue weighted by atomic mass is 10.0. The molecule has 0 aliphatic heterocycles. The summed E-state index contributed by atoms with van der Waals surface area (Å²) >= 11 is 0. The Bertz CT molecular complexity index is 781. The molecule has 0 radical (unpaired) electrons. The van der Waals surface area contributed by atoms with Gasteiger partial charge in [0.25, 0.3) is 0 Å². The molecule has 0 bridgehead atoms. The summed E-state index contributed by atoms with van der Waals surface area (Å²) in [4.78, 5) is 11.1. The number of aromatic nitrogens is 3. The summed E-state index contributed by atoms with van der Waals surface area (Å²) in [6, 6.07) is 15.0. The first-order valence-corrected chi connectivity index (χ1v) is 6.76. The Hall–Kier alpha value is -2.69. The smallest absolute Gasteiger partial charge is 0.335 e. The molecule has 1 N–H and O–H groups in total. The second-order valence-electron chi connectivity index (χ2n) is 5.09. The van der Waals surface area contributed by atoms with Crippen molar-refractivity contribution in [3.8, 4) is 0 Å². The van der Waals surface area contributed by atoms with Crippen LogP contribution in [-0.2, 0) is 6.54 Å². The van der Waals surface area contributed by atoms with Crippen molar-refractivity contribution in [3.05, 3.63) is 59.7 Å². The molecule has 1 aromatic heterocycles. The fourth-order valence-electron chi connectivity index (χ4n) is 2.38. The molecular formula is C16H15N3O2. The Labute approximate surface area is 121 Å². The van der Waals surface area contributed by atoms with Crippen molar-refractivity contribution < 1.29 is 9.90 Å². The molecule has 1 unspecified atom stereocenters. The zero-order chi connectivity index (χ0) is 14.8. The minimum absolute atomic E-state index is 0.249. The van der Waals surface area contributed by atoms with Crippen molar-refractivity contribution in [1.29, 1.82) is 0 Å². The molecule has 3 aromatic rings. The number of fused-ring (bicyclic) bond motifs is 1. The molecule has 5 heteroatoms. The number of carboxylic acids is 1. The van der Waals surface area contributed by atoms with Crippen LogP contribution in [0.2, 0.25) is 0 Å². The second-order valence-corrected chi connectivity index (χ2v) is 5.09. The first-order chi connectivity index (χ1) is 10.1. The van der Waals surface area contributed by atoms with E-state index in [1.54, 1.807) is 22.9 Å². The number of benzene rings is 2. The van der Waals surface area contributed by atoms with Crippen LogP contribution in [0.3, 0.4) is 0 Å². The fourth-order valence-corrected chi connectivity index (χ4v) is 2.38. The molecule has 106 valence electrons. The van der Waals surface area contributed by atoms with Crippen LogP contribution in [0.1, 0.15) is 28.8 Å². The number of rotatable bonds is 4. The van der Waals surface area contributed by atoms with E-state index in [4.69, 9.17) is 5.11 Å². The molecule has 0 fully saturated rings. The van der Waals surface area contributed by atoms with Crippen molar-refractivity contribution in [3.63, 3.8) is 0 Å². The molecule has 0 saturated heterocycles. The highest BCUT2D eigenvalue weighted by atomic mass is 16.4. The van der Waals surface area contributed by atoms with Crippen LogP contribution >= 0.6 is 0 Å². The standard InChI is InChI=1S/C16H15N3O2/c1-11(12-5-3-2-4-6-12)10-19-15-9-13(16(20)21)7-8-14(15)17-18-19/h2-9,11H,10H2,1H3,(H,20,21). The van der Waals surface area contributed by atoms with Crippen LogP contribution in [0, 0.1) is 0 Å². The second kappa shape index (κ2) is 5.36. The first kappa shape index (κ1) is 13.3. The van der Waals surface area contributed by atoms with Gasteiger partial charge in [-0.05, 0) is 23.8 Å². The lowest BCUT2D eigenvalue weighted by Crippen LogP contribution is -2.08. The van der Waals surface area contributed by atoms with Gasteiger partial charge in [0.15, 0.2) is 0 Å². The van der Waals surface area contributed by atoms with Gasteiger partial charge in [-0.1, -0.05) is 42.5 Å². The van der Waals surface area contributed by atoms with Gasteiger partial charge in [-0.2, -0.15) is 0 Å². The Morgan fingerprint density at radius 2 is 2.00 bits per heavy atom. The molecule has 1 atom stereocenters. The van der Waals surface area contributed by atoms with E-state index in [0.717, 1.165) is 5.52 Å². The van der Waals surface area contributed by atoms with Gasteiger partial charge < -0.3 is 5.11 Å². The number of aromatic carboxylic acids is 1. The number of carbonyl (C=O) groups is 1. The average molecular weight is 281 g/mol. The highest BCUT2D eigenvalue weighted by Crippen LogP contribution is 2.20. The average Bonchev–Trinajstić information content (AvgIpc) is 2.90. The lowest BCUT2D eigenvalue weighted by Gasteiger charge is -2.12. The maximum absolute atomic E-state index is 11.1. The molecule has 0 spiro atoms. The van der Waals surface area contributed by atoms with Gasteiger partial charge in [-0.25, -0.2) is 9.48 Å². The molecule has 21 heavy (non-hydrogen) atoms. The third-order valence-electron chi connectivity index (χ3n) is 3.58. The number of hydrogen-bond acceptors (Lipinski definition) is 3. The lowest BCUT2D eigenvalue weighted by molar-refractivity contribution is 0.0697. The summed E-state index contributed by atoms with van der Waals surface area (Å²) in [6.45, 7) is 2.77. The maximum Gasteiger partial charge on any atom is 0.335 e. The minimum atomic E-state index is -0.944. The largest absolute Gasteiger partial charge is 0.478 e. The van der Waals surface area contributed by atoms with Crippen molar-refractivity contribution in [2.24, 2.45) is 0 Å². The highest BCUT2D eigenvalue weighted by molar-refractivity contribution is 5.92. The summed E-state index contributed by atoms with van der Waals surface area (Å²) in [6.07, 6.45) is 0. The van der Waals surface area contributed by atoms with E-state index in [1.165, 1.54) is 5.56 Å². The third-order valence-corrected chi connectivity index (χ3v) is 3.58. The van der Waals surface area contributed by atoms with E-state index in [0.29, 0.717) is 12.1 Å². The summed E-state index contributed by atoms with van der Waals surface area (Å²) in [7, 11) is 0. The van der Waals surface area contributed by atoms with E-state index in [1.807, 2.05) is 18.2 Å². The molecule has 3 rings (SSSR count). The van der Waals surface area contributed by atoms with Crippen LogP contribution in [0.15, 0.2) is 48.5 Å². The normalized spacial score (nSPS) is 12.4. The molecule has 0 aliphatic carbocycles. The van der Waals surface area contributed by atoms with Crippen molar-refractivity contribution in [1.82, 2.24) is 15.0 Å². The Kier molecular flexibility index (Phi) is 3.39. The molecule has 0 aliphatic rings. The van der Waals surface area contributed by atoms with Gasteiger partial charge in [0, 0.05) is 12.5 Å². The molecule has 1 heterocycles. The van der Waals surface area contributed by atoms with Crippen LogP contribution in [-0.4, -0.2) is 26.1 Å². The molecule has 5 nitrogen and oxygen atoms in total. The highest BCUT2D eigenvalue weighted by Gasteiger charge is 2.12. The zero-order valence-corrected chi connectivity index (χ0v) is 11.6. The predicted octanol–water partition coefficient (Wildman–Crippen LogP) is 2.93. The predicted molar refractivity (Wildman–Crippen MR) is 79.3 cm³/mol. The van der Waals surface area contributed by atoms with E-state index in [-0.39, 0.29) is 11.5 Å². The Balaban J connectivity index is 1.93. The summed E-state index contributed by atoms with van der Waals surface area (Å²) in [5, 5.41) is 17.3. The van der Waals surface area contributed by atoms with Crippen LogP contribution in [0.5, 0.6) is 0 Å². The Morgan fingerprint density at radius 3 is 2.71 bits per heavy atom. The zero-order valence-electron chi connectivity index (χ0n) is 11.6. The molecule has 2 aromatic carbocycles. The van der Waals surface area contributed by atoms with E-state index in [9.17, 15) is 4.79 Å². The van der Waals surface area contributed by atoms with Crippen LogP contribution in [0.25, 0.3) is 11.0 Å². The van der Waals surface area contributed by atoms with Gasteiger partial charge in [0.1, 0.15) is 5.52 Å². The first-order valence-electron chi connectivity index (χ1n) is 6.76. The quantitative estimate of drug-likeness (QED) is 0.798. The topological polar surface area (TPSA) is 68.0 Å². The SMILES string of the molecule is CC(Cn1nnc2ccc(C(=O)O)cc21)c1ccccc1. The van der Waals surface area contributed by atoms with E-state index < -0.39 is 5.97 Å². The number of hydrogen-bond donors (Lipinski definition) is 1. The number of nitrogens with zero attached hydrogens (tertiary/aromatic N) is 3. The summed E-state index contributed by atoms with van der Waals surface area (Å²) in [5.74, 6) is -0.676. The molecular weight excluding hydrogens is 266 g/mol. The van der Waals surface area contributed by atoms with Gasteiger partial charge in [0.05, 0.1) is 11.1 Å². The van der Waals surface area contributed by atoms with Crippen LogP contribution < -0.4 is 0 Å². The van der Waals surface area contributed by atoms with Gasteiger partial charge in [-0.3, -0.25) is 0 Å². The van der Waals surface area contributed by atoms with E-state index in [2.05, 4.69) is 29.4 Å². The summed E-state index contributed by atoms with van der Waals surface area (Å²) in [5.41, 5.74) is 2.92. The van der Waals surface area contributed by atoms with E-state index >= 15 is 0 Å². The fraction of sp³-hybridized carbons (Fsp3) is 0.188. The van der Waals surface area contributed by atoms with Crippen molar-refractivity contribution in [2.45, 2.75) is 19.4 Å². The monoisotopic (exact) mass is 281 g/mol. The summed E-state index contributed by atoms with van der Waals surface area (Å²) < 4.78 is 1.76. The van der Waals surface area contributed by atoms with Gasteiger partial charge in [0.2, 0.25) is 0 Å². The maximum atomic E-state index is 11.1. The molecule has 0 saturated carbocycles. The number of carboxylic acid groups (broad SMARTS) is 1. The Morgan fingerprint density at radius 1 is 1.24 bits per heavy atom. The minimum Gasteiger partial charge on any atom is -0.478 e. The third kappa shape index (κ3) is 2.63. The molecule has 0 amide bonds. The van der Waals surface area contributed by atoms with Crippen molar-refractivity contribution >= 4 is 17.0 Å². The van der Waals surface area contributed by atoms with Gasteiger partial charge >= 0.3 is 5.97 Å².